The number of anilines is 1. The van der Waals surface area contributed by atoms with E-state index in [1.165, 1.54) is 0 Å². The lowest BCUT2D eigenvalue weighted by atomic mass is 10.2. The molecule has 104 valence electrons. The summed E-state index contributed by atoms with van der Waals surface area (Å²) in [5.41, 5.74) is 1.28. The van der Waals surface area contributed by atoms with Crippen LogP contribution in [0.2, 0.25) is 5.02 Å². The summed E-state index contributed by atoms with van der Waals surface area (Å²) in [6.45, 7) is 0. The van der Waals surface area contributed by atoms with Gasteiger partial charge in [0.05, 0.1) is 17.7 Å². The van der Waals surface area contributed by atoms with E-state index < -0.39 is 0 Å². The zero-order valence-electron chi connectivity index (χ0n) is 10.4. The number of carbonyl (C=O) groups excluding carboxylic acids is 1. The van der Waals surface area contributed by atoms with Crippen molar-refractivity contribution in [2.24, 2.45) is 0 Å². The van der Waals surface area contributed by atoms with Crippen LogP contribution in [0, 0.1) is 7.14 Å². The first-order valence-corrected chi connectivity index (χ1v) is 8.14. The molecule has 0 aliphatic carbocycles. The molecule has 1 N–H and O–H groups in total. The monoisotopic (exact) mass is 513 g/mol. The van der Waals surface area contributed by atoms with Gasteiger partial charge in [0.2, 0.25) is 0 Å². The van der Waals surface area contributed by atoms with Crippen molar-refractivity contribution >= 4 is 68.4 Å². The van der Waals surface area contributed by atoms with Crippen LogP contribution in [0.1, 0.15) is 10.4 Å². The van der Waals surface area contributed by atoms with Crippen molar-refractivity contribution in [2.75, 3.05) is 12.4 Å². The maximum atomic E-state index is 12.3. The summed E-state index contributed by atoms with van der Waals surface area (Å²) in [5.74, 6) is 0.419. The molecule has 0 unspecified atom stereocenters. The summed E-state index contributed by atoms with van der Waals surface area (Å²) in [6.07, 6.45) is 0. The van der Waals surface area contributed by atoms with Crippen molar-refractivity contribution < 1.29 is 9.53 Å². The zero-order valence-corrected chi connectivity index (χ0v) is 15.5. The molecule has 0 saturated heterocycles. The Morgan fingerprint density at radius 1 is 1.20 bits per heavy atom. The molecule has 0 aromatic heterocycles. The molecule has 0 saturated carbocycles. The van der Waals surface area contributed by atoms with E-state index >= 15 is 0 Å². The van der Waals surface area contributed by atoms with Gasteiger partial charge < -0.3 is 10.1 Å². The fourth-order valence-corrected chi connectivity index (χ4v) is 2.94. The quantitative estimate of drug-likeness (QED) is 0.599. The molecule has 0 heterocycles. The third-order valence-electron chi connectivity index (χ3n) is 2.58. The summed E-state index contributed by atoms with van der Waals surface area (Å²) in [7, 11) is 1.55. The van der Waals surface area contributed by atoms with Crippen LogP contribution >= 0.6 is 56.8 Å². The summed E-state index contributed by atoms with van der Waals surface area (Å²) in [4.78, 5) is 12.3. The largest absolute Gasteiger partial charge is 0.495 e. The van der Waals surface area contributed by atoms with Crippen molar-refractivity contribution in [1.82, 2.24) is 0 Å². The summed E-state index contributed by atoms with van der Waals surface area (Å²) in [5, 5.41) is 3.29. The Morgan fingerprint density at radius 3 is 2.60 bits per heavy atom. The molecule has 1 amide bonds. The van der Waals surface area contributed by atoms with Crippen molar-refractivity contribution in [2.45, 2.75) is 0 Å². The highest BCUT2D eigenvalue weighted by Gasteiger charge is 2.11. The molecule has 2 aromatic carbocycles. The fraction of sp³-hybridized carbons (Fsp3) is 0.0714. The maximum absolute atomic E-state index is 12.3. The molecule has 0 bridgehead atoms. The number of benzene rings is 2. The Balaban J connectivity index is 2.23. The Bertz CT molecular complexity index is 662. The Kier molecular flexibility index (Phi) is 5.50. The normalized spacial score (nSPS) is 10.2. The Labute approximate surface area is 149 Å². The molecule has 0 fully saturated rings. The first-order chi connectivity index (χ1) is 9.51. The molecule has 2 rings (SSSR count). The highest BCUT2D eigenvalue weighted by atomic mass is 127. The second kappa shape index (κ2) is 6.95. The average Bonchev–Trinajstić information content (AvgIpc) is 2.41. The van der Waals surface area contributed by atoms with Crippen LogP contribution < -0.4 is 10.1 Å². The van der Waals surface area contributed by atoms with Gasteiger partial charge in [-0.15, -0.1) is 0 Å². The molecule has 0 aliphatic rings. The fourth-order valence-electron chi connectivity index (χ4n) is 1.61. The predicted octanol–water partition coefficient (Wildman–Crippen LogP) is 4.81. The van der Waals surface area contributed by atoms with E-state index in [1.54, 1.807) is 25.3 Å². The smallest absolute Gasteiger partial charge is 0.256 e. The molecule has 0 aliphatic heterocycles. The van der Waals surface area contributed by atoms with E-state index in [0.29, 0.717) is 22.0 Å². The van der Waals surface area contributed by atoms with E-state index in [4.69, 9.17) is 16.3 Å². The second-order valence-corrected chi connectivity index (χ2v) is 6.74. The van der Waals surface area contributed by atoms with E-state index in [-0.39, 0.29) is 5.91 Å². The molecule has 6 heteroatoms. The van der Waals surface area contributed by atoms with Crippen LogP contribution in [0.3, 0.4) is 0 Å². The molecule has 20 heavy (non-hydrogen) atoms. The average molecular weight is 514 g/mol. The van der Waals surface area contributed by atoms with Crippen LogP contribution in [0.15, 0.2) is 36.4 Å². The number of rotatable bonds is 3. The third kappa shape index (κ3) is 3.76. The standard InChI is InChI=1S/C14H10ClI2NO2/c1-20-13-5-3-9(7-11(13)15)18-14(19)10-6-8(16)2-4-12(10)17/h2-7H,1H3,(H,18,19). The van der Waals surface area contributed by atoms with E-state index in [0.717, 1.165) is 7.14 Å². The number of hydrogen-bond donors (Lipinski definition) is 1. The van der Waals surface area contributed by atoms with Gasteiger partial charge in [0.25, 0.3) is 5.91 Å². The van der Waals surface area contributed by atoms with Gasteiger partial charge >= 0.3 is 0 Å². The number of amides is 1. The lowest BCUT2D eigenvalue weighted by Crippen LogP contribution is -2.13. The van der Waals surface area contributed by atoms with Gasteiger partial charge in [-0.05, 0) is 81.6 Å². The van der Waals surface area contributed by atoms with Crippen LogP contribution in [0.25, 0.3) is 0 Å². The van der Waals surface area contributed by atoms with Crippen molar-refractivity contribution in [1.29, 1.82) is 0 Å². The van der Waals surface area contributed by atoms with Crippen molar-refractivity contribution in [3.63, 3.8) is 0 Å². The lowest BCUT2D eigenvalue weighted by Gasteiger charge is -2.09. The third-order valence-corrected chi connectivity index (χ3v) is 4.49. The predicted molar refractivity (Wildman–Crippen MR) is 97.8 cm³/mol. The molecule has 0 atom stereocenters. The number of hydrogen-bond acceptors (Lipinski definition) is 2. The van der Waals surface area contributed by atoms with Gasteiger partial charge in [0.1, 0.15) is 5.75 Å². The molecule has 3 nitrogen and oxygen atoms in total. The lowest BCUT2D eigenvalue weighted by molar-refractivity contribution is 0.102. The van der Waals surface area contributed by atoms with E-state index in [9.17, 15) is 4.79 Å². The van der Waals surface area contributed by atoms with Gasteiger partial charge in [-0.3, -0.25) is 4.79 Å². The van der Waals surface area contributed by atoms with Crippen LogP contribution in [0.5, 0.6) is 5.75 Å². The SMILES string of the molecule is COc1ccc(NC(=O)c2cc(I)ccc2I)cc1Cl. The van der Waals surface area contributed by atoms with Crippen molar-refractivity contribution in [3.8, 4) is 5.75 Å². The highest BCUT2D eigenvalue weighted by molar-refractivity contribution is 14.1. The highest BCUT2D eigenvalue weighted by Crippen LogP contribution is 2.27. The summed E-state index contributed by atoms with van der Waals surface area (Å²) in [6, 6.07) is 10.9. The summed E-state index contributed by atoms with van der Waals surface area (Å²) < 4.78 is 7.00. The summed E-state index contributed by atoms with van der Waals surface area (Å²) >= 11 is 10.4. The van der Waals surface area contributed by atoms with Crippen LogP contribution in [-0.2, 0) is 0 Å². The van der Waals surface area contributed by atoms with Gasteiger partial charge in [0, 0.05) is 12.8 Å². The zero-order chi connectivity index (χ0) is 14.7. The Hall–Kier alpha value is -0.540. The van der Waals surface area contributed by atoms with Crippen LogP contribution in [0.4, 0.5) is 5.69 Å². The molecular weight excluding hydrogens is 503 g/mol. The number of halogens is 3. The van der Waals surface area contributed by atoms with Gasteiger partial charge in [-0.2, -0.15) is 0 Å². The molecule has 0 radical (unpaired) electrons. The minimum absolute atomic E-state index is 0.158. The number of ether oxygens (including phenoxy) is 1. The van der Waals surface area contributed by atoms with Gasteiger partial charge in [-0.25, -0.2) is 0 Å². The van der Waals surface area contributed by atoms with Gasteiger partial charge in [0.15, 0.2) is 0 Å². The molecule has 0 spiro atoms. The molecule has 2 aromatic rings. The topological polar surface area (TPSA) is 38.3 Å². The number of methoxy groups -OCH3 is 1. The second-order valence-electron chi connectivity index (χ2n) is 3.93. The first kappa shape index (κ1) is 15.8. The maximum Gasteiger partial charge on any atom is 0.256 e. The van der Waals surface area contributed by atoms with Crippen LogP contribution in [-0.4, -0.2) is 13.0 Å². The minimum Gasteiger partial charge on any atom is -0.495 e. The number of nitrogens with one attached hydrogen (secondary N) is 1. The number of carbonyl (C=O) groups is 1. The van der Waals surface area contributed by atoms with E-state index in [1.807, 2.05) is 18.2 Å². The van der Waals surface area contributed by atoms with Crippen molar-refractivity contribution in [3.05, 3.63) is 54.1 Å². The Morgan fingerprint density at radius 2 is 1.95 bits per heavy atom. The van der Waals surface area contributed by atoms with Gasteiger partial charge in [-0.1, -0.05) is 11.6 Å². The minimum atomic E-state index is -0.158. The first-order valence-electron chi connectivity index (χ1n) is 5.61. The molecular formula is C14H10ClI2NO2. The van der Waals surface area contributed by atoms with E-state index in [2.05, 4.69) is 50.5 Å².